The first-order valence-electron chi connectivity index (χ1n) is 8.66. The second kappa shape index (κ2) is 7.09. The third-order valence-corrected chi connectivity index (χ3v) is 4.63. The molecule has 0 aliphatic rings. The van der Waals surface area contributed by atoms with Crippen LogP contribution in [0.3, 0.4) is 0 Å². The van der Waals surface area contributed by atoms with Crippen molar-refractivity contribution in [1.29, 1.82) is 0 Å². The van der Waals surface area contributed by atoms with Crippen molar-refractivity contribution >= 4 is 22.6 Å². The molecule has 0 N–H and O–H groups in total. The van der Waals surface area contributed by atoms with Gasteiger partial charge in [-0.25, -0.2) is 4.98 Å². The molecule has 2 aromatic carbocycles. The fraction of sp³-hybridized carbons (Fsp3) is 0.200. The molecule has 2 aromatic heterocycles. The molecule has 0 radical (unpaired) electrons. The van der Waals surface area contributed by atoms with Crippen molar-refractivity contribution in [2.75, 3.05) is 0 Å². The molecule has 142 valence electrons. The molecule has 4 rings (SSSR count). The Bertz CT molecular complexity index is 1230. The molecule has 7 nitrogen and oxygen atoms in total. The van der Waals surface area contributed by atoms with E-state index in [4.69, 9.17) is 20.9 Å². The first-order chi connectivity index (χ1) is 13.4. The molecule has 0 spiro atoms. The van der Waals surface area contributed by atoms with Gasteiger partial charge in [0, 0.05) is 17.6 Å². The first-order valence-corrected chi connectivity index (χ1v) is 9.04. The Kier molecular flexibility index (Phi) is 4.60. The lowest BCUT2D eigenvalue weighted by Gasteiger charge is -2.10. The van der Waals surface area contributed by atoms with Crippen LogP contribution in [-0.4, -0.2) is 19.7 Å². The molecule has 28 heavy (non-hydrogen) atoms. The summed E-state index contributed by atoms with van der Waals surface area (Å²) in [6.45, 7) is 3.51. The number of aryl methyl sites for hydroxylation is 2. The van der Waals surface area contributed by atoms with E-state index in [1.54, 1.807) is 42.8 Å². The van der Waals surface area contributed by atoms with Gasteiger partial charge in [-0.1, -0.05) is 22.8 Å². The highest BCUT2D eigenvalue weighted by molar-refractivity contribution is 6.30. The summed E-state index contributed by atoms with van der Waals surface area (Å²) in [7, 11) is 1.72. The molecule has 0 aliphatic heterocycles. The van der Waals surface area contributed by atoms with E-state index in [-0.39, 0.29) is 5.56 Å². The Hall–Kier alpha value is -3.19. The predicted molar refractivity (Wildman–Crippen MR) is 106 cm³/mol. The summed E-state index contributed by atoms with van der Waals surface area (Å²) in [6.07, 6.45) is -0.443. The molecule has 0 fully saturated rings. The standard InChI is InChI=1S/C20H17ClN4O3/c1-11-20(26)25(3)17-8-7-13(9-16(17)22-11)18-23-19(28-24-18)12(2)27-15-6-4-5-14(21)10-15/h4-10,12H,1-3H3. The van der Waals surface area contributed by atoms with Crippen LogP contribution in [0.15, 0.2) is 51.8 Å². The third-order valence-electron chi connectivity index (χ3n) is 4.40. The Balaban J connectivity index is 1.63. The number of aromatic nitrogens is 4. The maximum atomic E-state index is 12.0. The summed E-state index contributed by atoms with van der Waals surface area (Å²) in [5.74, 6) is 1.39. The predicted octanol–water partition coefficient (Wildman–Crippen LogP) is 4.09. The summed E-state index contributed by atoms with van der Waals surface area (Å²) in [5.41, 5.74) is 2.48. The van der Waals surface area contributed by atoms with Gasteiger partial charge in [0.1, 0.15) is 11.4 Å². The van der Waals surface area contributed by atoms with Gasteiger partial charge in [0.05, 0.1) is 11.0 Å². The summed E-state index contributed by atoms with van der Waals surface area (Å²) < 4.78 is 12.8. The molecule has 0 bridgehead atoms. The second-order valence-corrected chi connectivity index (χ2v) is 6.87. The molecule has 0 saturated heterocycles. The monoisotopic (exact) mass is 396 g/mol. The number of ether oxygens (including phenoxy) is 1. The van der Waals surface area contributed by atoms with Gasteiger partial charge in [0.25, 0.3) is 11.4 Å². The Labute approximate surface area is 165 Å². The summed E-state index contributed by atoms with van der Waals surface area (Å²) in [4.78, 5) is 20.8. The fourth-order valence-corrected chi connectivity index (χ4v) is 3.11. The lowest BCUT2D eigenvalue weighted by atomic mass is 10.1. The van der Waals surface area contributed by atoms with Gasteiger partial charge in [-0.05, 0) is 50.2 Å². The highest BCUT2D eigenvalue weighted by atomic mass is 35.5. The minimum atomic E-state index is -0.443. The minimum absolute atomic E-state index is 0.117. The van der Waals surface area contributed by atoms with Gasteiger partial charge in [0.2, 0.25) is 5.82 Å². The zero-order valence-electron chi connectivity index (χ0n) is 15.5. The zero-order valence-corrected chi connectivity index (χ0v) is 16.3. The summed E-state index contributed by atoms with van der Waals surface area (Å²) >= 11 is 5.98. The fourth-order valence-electron chi connectivity index (χ4n) is 2.93. The van der Waals surface area contributed by atoms with Crippen molar-refractivity contribution in [2.45, 2.75) is 20.0 Å². The molecule has 1 atom stereocenters. The topological polar surface area (TPSA) is 83.0 Å². The zero-order chi connectivity index (χ0) is 19.8. The van der Waals surface area contributed by atoms with Gasteiger partial charge in [0.15, 0.2) is 6.10 Å². The number of halogens is 1. The third kappa shape index (κ3) is 3.36. The molecule has 1 unspecified atom stereocenters. The maximum absolute atomic E-state index is 12.0. The van der Waals surface area contributed by atoms with Crippen LogP contribution in [0, 0.1) is 6.92 Å². The largest absolute Gasteiger partial charge is 0.481 e. The lowest BCUT2D eigenvalue weighted by Crippen LogP contribution is -2.21. The molecular formula is C20H17ClN4O3. The number of hydrogen-bond acceptors (Lipinski definition) is 6. The van der Waals surface area contributed by atoms with Crippen molar-refractivity contribution in [3.05, 3.63) is 69.4 Å². The van der Waals surface area contributed by atoms with Gasteiger partial charge in [-0.15, -0.1) is 0 Å². The van der Waals surface area contributed by atoms with Gasteiger partial charge < -0.3 is 13.8 Å². The smallest absolute Gasteiger partial charge is 0.272 e. The van der Waals surface area contributed by atoms with Crippen LogP contribution in [0.4, 0.5) is 0 Å². The van der Waals surface area contributed by atoms with Crippen LogP contribution >= 0.6 is 11.6 Å². The minimum Gasteiger partial charge on any atom is -0.481 e. The molecule has 0 saturated carbocycles. The highest BCUT2D eigenvalue weighted by Crippen LogP contribution is 2.26. The summed E-state index contributed by atoms with van der Waals surface area (Å²) in [5, 5.41) is 4.63. The summed E-state index contributed by atoms with van der Waals surface area (Å²) in [6, 6.07) is 12.6. The molecule has 0 amide bonds. The normalized spacial score (nSPS) is 12.3. The Morgan fingerprint density at radius 1 is 1.18 bits per heavy atom. The SMILES string of the molecule is Cc1nc2cc(-c3noc(C(C)Oc4cccc(Cl)c4)n3)ccc2n(C)c1=O. The van der Waals surface area contributed by atoms with Crippen molar-refractivity contribution in [3.63, 3.8) is 0 Å². The Morgan fingerprint density at radius 2 is 2.00 bits per heavy atom. The molecule has 0 aliphatic carbocycles. The van der Waals surface area contributed by atoms with Crippen LogP contribution in [0.2, 0.25) is 5.02 Å². The highest BCUT2D eigenvalue weighted by Gasteiger charge is 2.18. The quantitative estimate of drug-likeness (QED) is 0.516. The Morgan fingerprint density at radius 3 is 2.79 bits per heavy atom. The van der Waals surface area contributed by atoms with Gasteiger partial charge >= 0.3 is 0 Å². The van der Waals surface area contributed by atoms with E-state index in [1.807, 2.05) is 25.1 Å². The molecule has 2 heterocycles. The number of hydrogen-bond donors (Lipinski definition) is 0. The molecule has 4 aromatic rings. The van der Waals surface area contributed by atoms with Crippen LogP contribution < -0.4 is 10.3 Å². The maximum Gasteiger partial charge on any atom is 0.272 e. The van der Waals surface area contributed by atoms with Crippen molar-refractivity contribution < 1.29 is 9.26 Å². The second-order valence-electron chi connectivity index (χ2n) is 6.44. The van der Waals surface area contributed by atoms with E-state index in [9.17, 15) is 4.79 Å². The van der Waals surface area contributed by atoms with E-state index >= 15 is 0 Å². The number of benzene rings is 2. The lowest BCUT2D eigenvalue weighted by molar-refractivity contribution is 0.176. The van der Waals surface area contributed by atoms with E-state index in [0.29, 0.717) is 33.7 Å². The number of fused-ring (bicyclic) bond motifs is 1. The average molecular weight is 397 g/mol. The average Bonchev–Trinajstić information content (AvgIpc) is 3.16. The van der Waals surface area contributed by atoms with Crippen LogP contribution in [0.1, 0.15) is 24.6 Å². The van der Waals surface area contributed by atoms with E-state index in [0.717, 1.165) is 11.1 Å². The molecule has 8 heteroatoms. The van der Waals surface area contributed by atoms with Gasteiger partial charge in [-0.3, -0.25) is 4.79 Å². The van der Waals surface area contributed by atoms with E-state index < -0.39 is 6.10 Å². The van der Waals surface area contributed by atoms with Crippen LogP contribution in [0.5, 0.6) is 5.75 Å². The van der Waals surface area contributed by atoms with Gasteiger partial charge in [-0.2, -0.15) is 4.98 Å². The first kappa shape index (κ1) is 18.2. The van der Waals surface area contributed by atoms with Crippen molar-refractivity contribution in [1.82, 2.24) is 19.7 Å². The number of nitrogens with zero attached hydrogens (tertiary/aromatic N) is 4. The molecular weight excluding hydrogens is 380 g/mol. The van der Waals surface area contributed by atoms with Crippen molar-refractivity contribution in [2.24, 2.45) is 7.05 Å². The van der Waals surface area contributed by atoms with Crippen LogP contribution in [0.25, 0.3) is 22.4 Å². The number of rotatable bonds is 4. The van der Waals surface area contributed by atoms with Crippen molar-refractivity contribution in [3.8, 4) is 17.1 Å². The van der Waals surface area contributed by atoms with Crippen LogP contribution in [-0.2, 0) is 7.05 Å². The van der Waals surface area contributed by atoms with E-state index in [1.165, 1.54) is 0 Å². The van der Waals surface area contributed by atoms with E-state index in [2.05, 4.69) is 15.1 Å².